The monoisotopic (exact) mass is 357 g/mol. The Hall–Kier alpha value is -1.18. The summed E-state index contributed by atoms with van der Waals surface area (Å²) >= 11 is 2.24. The Morgan fingerprint density at radius 3 is 2.89 bits per heavy atom. The zero-order chi connectivity index (χ0) is 13.0. The second kappa shape index (κ2) is 6.12. The van der Waals surface area contributed by atoms with Gasteiger partial charge in [0.25, 0.3) is 0 Å². The molecule has 2 rings (SSSR count). The average molecular weight is 357 g/mol. The third-order valence-electron chi connectivity index (χ3n) is 2.57. The number of nitrogens with zero attached hydrogens (tertiary/aromatic N) is 4. The van der Waals surface area contributed by atoms with E-state index < -0.39 is 0 Å². The van der Waals surface area contributed by atoms with Crippen molar-refractivity contribution in [3.8, 4) is 11.5 Å². The molecule has 0 aromatic carbocycles. The molecule has 2 heterocycles. The average Bonchev–Trinajstić information content (AvgIpc) is 2.86. The molecule has 2 aromatic heterocycles. The molecule has 0 amide bonds. The first-order valence-corrected chi connectivity index (χ1v) is 7.11. The number of rotatable bonds is 5. The van der Waals surface area contributed by atoms with Crippen LogP contribution in [0.3, 0.4) is 0 Å². The predicted molar refractivity (Wildman–Crippen MR) is 80.4 cm³/mol. The van der Waals surface area contributed by atoms with E-state index in [2.05, 4.69) is 56.7 Å². The van der Waals surface area contributed by atoms with E-state index in [1.807, 2.05) is 10.8 Å². The minimum atomic E-state index is 0.716. The zero-order valence-electron chi connectivity index (χ0n) is 10.5. The van der Waals surface area contributed by atoms with Gasteiger partial charge < -0.3 is 9.88 Å². The molecule has 0 saturated heterocycles. The van der Waals surface area contributed by atoms with Crippen LogP contribution in [0.5, 0.6) is 0 Å². The Morgan fingerprint density at radius 2 is 2.17 bits per heavy atom. The van der Waals surface area contributed by atoms with Gasteiger partial charge in [0.1, 0.15) is 11.5 Å². The number of anilines is 1. The fourth-order valence-electron chi connectivity index (χ4n) is 1.62. The maximum Gasteiger partial charge on any atom is 0.179 e. The maximum atomic E-state index is 4.57. The van der Waals surface area contributed by atoms with Crippen molar-refractivity contribution in [2.75, 3.05) is 11.9 Å². The first-order chi connectivity index (χ1) is 8.76. The standard InChI is InChI=1S/C12H16IN5/c1-3-5-15-11-9(13)6-16-12(17-11)10-7-14-8-18(10)4-2/h6-8H,3-5H2,1-2H3,(H,15,16,17). The van der Waals surface area contributed by atoms with E-state index in [1.54, 1.807) is 12.5 Å². The van der Waals surface area contributed by atoms with Crippen molar-refractivity contribution >= 4 is 28.4 Å². The minimum absolute atomic E-state index is 0.716. The van der Waals surface area contributed by atoms with Gasteiger partial charge in [0.2, 0.25) is 0 Å². The topological polar surface area (TPSA) is 55.6 Å². The van der Waals surface area contributed by atoms with Crippen molar-refractivity contribution in [2.24, 2.45) is 0 Å². The summed E-state index contributed by atoms with van der Waals surface area (Å²) in [7, 11) is 0. The van der Waals surface area contributed by atoms with Crippen molar-refractivity contribution in [2.45, 2.75) is 26.8 Å². The number of hydrogen-bond donors (Lipinski definition) is 1. The third-order valence-corrected chi connectivity index (χ3v) is 3.36. The molecule has 5 nitrogen and oxygen atoms in total. The fourth-order valence-corrected chi connectivity index (χ4v) is 2.07. The van der Waals surface area contributed by atoms with Crippen LogP contribution in [0.15, 0.2) is 18.7 Å². The number of nitrogens with one attached hydrogen (secondary N) is 1. The van der Waals surface area contributed by atoms with E-state index in [4.69, 9.17) is 0 Å². The SMILES string of the molecule is CCCNc1nc(-c2cncn2CC)ncc1I. The van der Waals surface area contributed by atoms with Gasteiger partial charge in [-0.15, -0.1) is 0 Å². The number of aromatic nitrogens is 4. The zero-order valence-corrected chi connectivity index (χ0v) is 12.7. The van der Waals surface area contributed by atoms with E-state index in [1.165, 1.54) is 0 Å². The second-order valence-electron chi connectivity index (χ2n) is 3.88. The summed E-state index contributed by atoms with van der Waals surface area (Å²) in [4.78, 5) is 13.1. The normalized spacial score (nSPS) is 10.6. The van der Waals surface area contributed by atoms with E-state index in [-0.39, 0.29) is 0 Å². The molecule has 18 heavy (non-hydrogen) atoms. The summed E-state index contributed by atoms with van der Waals surface area (Å²) in [5, 5.41) is 3.31. The molecule has 1 N–H and O–H groups in total. The molecule has 0 atom stereocenters. The fraction of sp³-hybridized carbons (Fsp3) is 0.417. The van der Waals surface area contributed by atoms with Crippen molar-refractivity contribution in [3.05, 3.63) is 22.3 Å². The highest BCUT2D eigenvalue weighted by atomic mass is 127. The third kappa shape index (κ3) is 2.80. The van der Waals surface area contributed by atoms with Crippen LogP contribution in [0.1, 0.15) is 20.3 Å². The Labute approximate surface area is 120 Å². The molecule has 0 fully saturated rings. The van der Waals surface area contributed by atoms with E-state index in [0.717, 1.165) is 34.6 Å². The van der Waals surface area contributed by atoms with Crippen LogP contribution in [0, 0.1) is 3.57 Å². The van der Waals surface area contributed by atoms with Crippen LogP contribution in [0.4, 0.5) is 5.82 Å². The Kier molecular flexibility index (Phi) is 4.51. The van der Waals surface area contributed by atoms with Gasteiger partial charge >= 0.3 is 0 Å². The second-order valence-corrected chi connectivity index (χ2v) is 5.04. The van der Waals surface area contributed by atoms with Crippen LogP contribution < -0.4 is 5.32 Å². The van der Waals surface area contributed by atoms with Crippen molar-refractivity contribution in [1.29, 1.82) is 0 Å². The summed E-state index contributed by atoms with van der Waals surface area (Å²) in [6, 6.07) is 0. The van der Waals surface area contributed by atoms with Crippen molar-refractivity contribution in [3.63, 3.8) is 0 Å². The van der Waals surface area contributed by atoms with Crippen molar-refractivity contribution < 1.29 is 0 Å². The van der Waals surface area contributed by atoms with E-state index >= 15 is 0 Å². The summed E-state index contributed by atoms with van der Waals surface area (Å²) in [6.45, 7) is 5.99. The Balaban J connectivity index is 2.34. The number of hydrogen-bond acceptors (Lipinski definition) is 4. The lowest BCUT2D eigenvalue weighted by Crippen LogP contribution is -2.06. The first-order valence-electron chi connectivity index (χ1n) is 6.03. The highest BCUT2D eigenvalue weighted by molar-refractivity contribution is 14.1. The maximum absolute atomic E-state index is 4.57. The lowest BCUT2D eigenvalue weighted by molar-refractivity contribution is 0.763. The molecule has 0 aliphatic carbocycles. The molecule has 0 aliphatic rings. The van der Waals surface area contributed by atoms with Gasteiger partial charge in [-0.2, -0.15) is 0 Å². The highest BCUT2D eigenvalue weighted by Gasteiger charge is 2.10. The smallest absolute Gasteiger partial charge is 0.179 e. The largest absolute Gasteiger partial charge is 0.369 e. The number of imidazole rings is 1. The van der Waals surface area contributed by atoms with Gasteiger partial charge in [-0.3, -0.25) is 0 Å². The molecule has 0 saturated carbocycles. The predicted octanol–water partition coefficient (Wildman–Crippen LogP) is 2.79. The molecule has 0 unspecified atom stereocenters. The molecular weight excluding hydrogens is 341 g/mol. The van der Waals surface area contributed by atoms with Gasteiger partial charge in [-0.25, -0.2) is 15.0 Å². The Bertz CT molecular complexity index is 523. The van der Waals surface area contributed by atoms with Crippen LogP contribution in [-0.2, 0) is 6.54 Å². The summed E-state index contributed by atoms with van der Waals surface area (Å²) in [5.74, 6) is 1.61. The van der Waals surface area contributed by atoms with Crippen LogP contribution in [0.25, 0.3) is 11.5 Å². The van der Waals surface area contributed by atoms with E-state index in [9.17, 15) is 0 Å². The van der Waals surface area contributed by atoms with Gasteiger partial charge in [-0.05, 0) is 35.9 Å². The summed E-state index contributed by atoms with van der Waals surface area (Å²) in [6.07, 6.45) is 6.52. The number of halogens is 1. The minimum Gasteiger partial charge on any atom is -0.369 e. The highest BCUT2D eigenvalue weighted by Crippen LogP contribution is 2.20. The van der Waals surface area contributed by atoms with Gasteiger partial charge in [0.15, 0.2) is 5.82 Å². The lowest BCUT2D eigenvalue weighted by atomic mass is 10.4. The molecule has 2 aromatic rings. The van der Waals surface area contributed by atoms with Crippen LogP contribution >= 0.6 is 22.6 Å². The quantitative estimate of drug-likeness (QED) is 0.837. The lowest BCUT2D eigenvalue weighted by Gasteiger charge is -2.09. The summed E-state index contributed by atoms with van der Waals surface area (Å²) in [5.41, 5.74) is 0.952. The molecule has 0 aliphatic heterocycles. The molecule has 0 spiro atoms. The number of aryl methyl sites for hydroxylation is 1. The van der Waals surface area contributed by atoms with Crippen LogP contribution in [-0.4, -0.2) is 26.1 Å². The molecule has 0 radical (unpaired) electrons. The summed E-state index contributed by atoms with van der Waals surface area (Å²) < 4.78 is 3.07. The molecule has 0 bridgehead atoms. The van der Waals surface area contributed by atoms with Gasteiger partial charge in [-0.1, -0.05) is 6.92 Å². The van der Waals surface area contributed by atoms with Gasteiger partial charge in [0.05, 0.1) is 16.1 Å². The van der Waals surface area contributed by atoms with Crippen molar-refractivity contribution in [1.82, 2.24) is 19.5 Å². The molecular formula is C12H16IN5. The molecule has 96 valence electrons. The van der Waals surface area contributed by atoms with Gasteiger partial charge in [0, 0.05) is 19.3 Å². The molecule has 6 heteroatoms. The van der Waals surface area contributed by atoms with E-state index in [0.29, 0.717) is 5.82 Å². The first kappa shape index (κ1) is 13.3. The van der Waals surface area contributed by atoms with Crippen LogP contribution in [0.2, 0.25) is 0 Å². The Morgan fingerprint density at radius 1 is 1.33 bits per heavy atom.